The summed E-state index contributed by atoms with van der Waals surface area (Å²) < 4.78 is 10.7. The van der Waals surface area contributed by atoms with E-state index in [9.17, 15) is 4.79 Å². The number of hydrogen-bond donors (Lipinski definition) is 1. The van der Waals surface area contributed by atoms with E-state index in [1.54, 1.807) is 14.2 Å². The summed E-state index contributed by atoms with van der Waals surface area (Å²) in [6.45, 7) is 1.24. The van der Waals surface area contributed by atoms with Gasteiger partial charge in [0.05, 0.1) is 20.8 Å². The molecule has 2 heterocycles. The molecule has 1 N–H and O–H groups in total. The lowest BCUT2D eigenvalue weighted by Gasteiger charge is -2.24. The van der Waals surface area contributed by atoms with Gasteiger partial charge in [-0.3, -0.25) is 15.0 Å². The Labute approximate surface area is 162 Å². The van der Waals surface area contributed by atoms with E-state index >= 15 is 0 Å². The highest BCUT2D eigenvalue weighted by Gasteiger charge is 2.30. The van der Waals surface area contributed by atoms with Crippen LogP contribution in [0, 0.1) is 0 Å². The molecule has 2 aliphatic rings. The molecule has 1 saturated heterocycles. The largest absolute Gasteiger partial charge is 0.493 e. The summed E-state index contributed by atoms with van der Waals surface area (Å²) in [4.78, 5) is 14.7. The fourth-order valence-electron chi connectivity index (χ4n) is 3.58. The molecule has 1 aliphatic carbocycles. The average Bonchev–Trinajstić information content (AvgIpc) is 3.26. The lowest BCUT2D eigenvalue weighted by molar-refractivity contribution is -0.117. The van der Waals surface area contributed by atoms with Crippen LogP contribution in [-0.4, -0.2) is 48.3 Å². The molecule has 1 saturated carbocycles. The molecule has 0 spiro atoms. The Balaban J connectivity index is 1.41. The fraction of sp³-hybridized carbons (Fsp3) is 0.526. The number of carbonyl (C=O) groups excluding carboxylic acids is 1. The first kappa shape index (κ1) is 18.2. The van der Waals surface area contributed by atoms with Gasteiger partial charge >= 0.3 is 0 Å². The molecule has 1 amide bonds. The van der Waals surface area contributed by atoms with Gasteiger partial charge in [0.25, 0.3) is 0 Å². The lowest BCUT2D eigenvalue weighted by atomic mass is 10.0. The van der Waals surface area contributed by atoms with Gasteiger partial charge in [-0.1, -0.05) is 17.4 Å². The number of anilines is 1. The highest BCUT2D eigenvalue weighted by Crippen LogP contribution is 2.42. The van der Waals surface area contributed by atoms with E-state index in [2.05, 4.69) is 26.5 Å². The lowest BCUT2D eigenvalue weighted by Crippen LogP contribution is -2.32. The second kappa shape index (κ2) is 7.82. The Morgan fingerprint density at radius 3 is 2.78 bits per heavy atom. The summed E-state index contributed by atoms with van der Waals surface area (Å²) in [5, 5.41) is 12.8. The number of rotatable bonds is 7. The molecule has 2 fully saturated rings. The highest BCUT2D eigenvalue weighted by atomic mass is 32.1. The zero-order chi connectivity index (χ0) is 18.8. The van der Waals surface area contributed by atoms with Crippen molar-refractivity contribution in [1.82, 2.24) is 15.1 Å². The minimum absolute atomic E-state index is 0.0409. The molecule has 8 heteroatoms. The van der Waals surface area contributed by atoms with Gasteiger partial charge < -0.3 is 9.47 Å². The Morgan fingerprint density at radius 1 is 1.22 bits per heavy atom. The van der Waals surface area contributed by atoms with Gasteiger partial charge in [0.15, 0.2) is 11.5 Å². The SMILES string of the molecule is COc1ccc([C@@H]2CCCN2CC(=O)Nc2nnc(C3CC3)s2)cc1OC. The summed E-state index contributed by atoms with van der Waals surface area (Å²) in [6.07, 6.45) is 4.46. The molecule has 0 unspecified atom stereocenters. The molecule has 27 heavy (non-hydrogen) atoms. The van der Waals surface area contributed by atoms with E-state index in [0.717, 1.165) is 30.0 Å². The van der Waals surface area contributed by atoms with E-state index in [-0.39, 0.29) is 11.9 Å². The fourth-order valence-corrected chi connectivity index (χ4v) is 4.51. The number of carbonyl (C=O) groups is 1. The second-order valence-electron chi connectivity index (χ2n) is 7.01. The van der Waals surface area contributed by atoms with Gasteiger partial charge in [0.1, 0.15) is 5.01 Å². The zero-order valence-electron chi connectivity index (χ0n) is 15.6. The van der Waals surface area contributed by atoms with E-state index in [1.165, 1.54) is 24.2 Å². The van der Waals surface area contributed by atoms with Gasteiger partial charge in [0, 0.05) is 12.0 Å². The summed E-state index contributed by atoms with van der Waals surface area (Å²) >= 11 is 1.49. The van der Waals surface area contributed by atoms with Crippen LogP contribution < -0.4 is 14.8 Å². The van der Waals surface area contributed by atoms with Crippen molar-refractivity contribution in [2.45, 2.75) is 37.6 Å². The van der Waals surface area contributed by atoms with Crippen molar-refractivity contribution in [1.29, 1.82) is 0 Å². The molecule has 1 aromatic carbocycles. The van der Waals surface area contributed by atoms with E-state index in [0.29, 0.717) is 29.1 Å². The number of nitrogens with one attached hydrogen (secondary N) is 1. The third-order valence-corrected chi connectivity index (χ3v) is 6.12. The maximum Gasteiger partial charge on any atom is 0.240 e. The van der Waals surface area contributed by atoms with Crippen molar-refractivity contribution < 1.29 is 14.3 Å². The third-order valence-electron chi connectivity index (χ3n) is 5.12. The summed E-state index contributed by atoms with van der Waals surface area (Å²) in [7, 11) is 3.27. The molecule has 4 rings (SSSR count). The Bertz CT molecular complexity index is 821. The number of aromatic nitrogens is 2. The quantitative estimate of drug-likeness (QED) is 0.785. The van der Waals surface area contributed by atoms with E-state index in [4.69, 9.17) is 9.47 Å². The number of benzene rings is 1. The summed E-state index contributed by atoms with van der Waals surface area (Å²) in [5.74, 6) is 1.95. The molecule has 144 valence electrons. The normalized spacial score (nSPS) is 19.9. The predicted octanol–water partition coefficient (Wildman–Crippen LogP) is 3.21. The highest BCUT2D eigenvalue weighted by molar-refractivity contribution is 7.15. The number of methoxy groups -OCH3 is 2. The van der Waals surface area contributed by atoms with Gasteiger partial charge in [-0.15, -0.1) is 10.2 Å². The van der Waals surface area contributed by atoms with Crippen LogP contribution in [0.25, 0.3) is 0 Å². The van der Waals surface area contributed by atoms with Crippen molar-refractivity contribution in [3.8, 4) is 11.5 Å². The molecule has 1 atom stereocenters. The topological polar surface area (TPSA) is 76.6 Å². The number of ether oxygens (including phenoxy) is 2. The Morgan fingerprint density at radius 2 is 2.04 bits per heavy atom. The van der Waals surface area contributed by atoms with Crippen LogP contribution in [0.4, 0.5) is 5.13 Å². The number of likely N-dealkylation sites (tertiary alicyclic amines) is 1. The molecule has 7 nitrogen and oxygen atoms in total. The van der Waals surface area contributed by atoms with E-state index in [1.807, 2.05) is 12.1 Å². The minimum atomic E-state index is -0.0409. The van der Waals surface area contributed by atoms with E-state index < -0.39 is 0 Å². The first-order valence-corrected chi connectivity index (χ1v) is 10.1. The third kappa shape index (κ3) is 4.06. The van der Waals surface area contributed by atoms with Gasteiger partial charge in [0.2, 0.25) is 11.0 Å². The molecule has 2 aromatic rings. The van der Waals surface area contributed by atoms with Crippen LogP contribution in [0.15, 0.2) is 18.2 Å². The van der Waals surface area contributed by atoms with Crippen molar-refractivity contribution in [3.63, 3.8) is 0 Å². The zero-order valence-corrected chi connectivity index (χ0v) is 16.4. The summed E-state index contributed by atoms with van der Waals surface area (Å²) in [5.41, 5.74) is 1.14. The molecule has 0 bridgehead atoms. The summed E-state index contributed by atoms with van der Waals surface area (Å²) in [6, 6.07) is 6.18. The molecular weight excluding hydrogens is 364 g/mol. The molecule has 0 radical (unpaired) electrons. The second-order valence-corrected chi connectivity index (χ2v) is 8.02. The van der Waals surface area contributed by atoms with Crippen LogP contribution in [0.1, 0.15) is 48.2 Å². The number of amides is 1. The Hall–Kier alpha value is -2.19. The maximum absolute atomic E-state index is 12.5. The van der Waals surface area contributed by atoms with Crippen molar-refractivity contribution in [2.24, 2.45) is 0 Å². The first-order valence-electron chi connectivity index (χ1n) is 9.27. The van der Waals surface area contributed by atoms with Crippen LogP contribution in [-0.2, 0) is 4.79 Å². The number of hydrogen-bond acceptors (Lipinski definition) is 7. The Kier molecular flexibility index (Phi) is 5.27. The maximum atomic E-state index is 12.5. The first-order chi connectivity index (χ1) is 13.2. The van der Waals surface area contributed by atoms with Crippen molar-refractivity contribution >= 4 is 22.4 Å². The predicted molar refractivity (Wildman–Crippen MR) is 104 cm³/mol. The van der Waals surface area contributed by atoms with Gasteiger partial charge in [-0.05, 0) is 49.9 Å². The molecule has 1 aliphatic heterocycles. The van der Waals surface area contributed by atoms with Gasteiger partial charge in [-0.25, -0.2) is 0 Å². The van der Waals surface area contributed by atoms with Gasteiger partial charge in [-0.2, -0.15) is 0 Å². The van der Waals surface area contributed by atoms with Crippen LogP contribution in [0.5, 0.6) is 11.5 Å². The smallest absolute Gasteiger partial charge is 0.240 e. The van der Waals surface area contributed by atoms with Crippen LogP contribution in [0.3, 0.4) is 0 Å². The number of nitrogens with zero attached hydrogens (tertiary/aromatic N) is 3. The molecule has 1 aromatic heterocycles. The van der Waals surface area contributed by atoms with Crippen LogP contribution in [0.2, 0.25) is 0 Å². The monoisotopic (exact) mass is 388 g/mol. The van der Waals surface area contributed by atoms with Crippen molar-refractivity contribution in [3.05, 3.63) is 28.8 Å². The average molecular weight is 388 g/mol. The van der Waals surface area contributed by atoms with Crippen molar-refractivity contribution in [2.75, 3.05) is 32.6 Å². The minimum Gasteiger partial charge on any atom is -0.493 e. The standard InChI is InChI=1S/C19H24N4O3S/c1-25-15-8-7-13(10-16(15)26-2)14-4-3-9-23(14)11-17(24)20-19-22-21-18(27-19)12-5-6-12/h7-8,10,12,14H,3-6,9,11H2,1-2H3,(H,20,22,24)/t14-/m0/s1. The molecular formula is C19H24N4O3S. The van der Waals surface area contributed by atoms with Crippen LogP contribution >= 0.6 is 11.3 Å².